The number of esters is 2. The molecule has 0 aromatic rings. The fourth-order valence-electron chi connectivity index (χ4n) is 1.80. The summed E-state index contributed by atoms with van der Waals surface area (Å²) in [6.07, 6.45) is -4.39. The van der Waals surface area contributed by atoms with Crippen molar-refractivity contribution >= 4 is 11.9 Å². The summed E-state index contributed by atoms with van der Waals surface area (Å²) in [7, 11) is 0. The van der Waals surface area contributed by atoms with Gasteiger partial charge >= 0.3 is 18.1 Å². The molecular weight excluding hydrogens is 241 g/mol. The van der Waals surface area contributed by atoms with Gasteiger partial charge in [0.05, 0.1) is 18.4 Å². The summed E-state index contributed by atoms with van der Waals surface area (Å²) >= 11 is 0. The maximum atomic E-state index is 11.8. The molecule has 1 fully saturated rings. The second kappa shape index (κ2) is 5.03. The summed E-state index contributed by atoms with van der Waals surface area (Å²) in [6, 6.07) is 0. The molecule has 0 radical (unpaired) electrons. The lowest BCUT2D eigenvalue weighted by Crippen LogP contribution is -2.28. The number of alkyl halides is 3. The van der Waals surface area contributed by atoms with Gasteiger partial charge in [0.15, 0.2) is 0 Å². The van der Waals surface area contributed by atoms with Crippen LogP contribution in [0.4, 0.5) is 13.2 Å². The van der Waals surface area contributed by atoms with E-state index in [0.29, 0.717) is 0 Å². The first-order chi connectivity index (χ1) is 7.72. The Morgan fingerprint density at radius 2 is 1.94 bits per heavy atom. The summed E-state index contributed by atoms with van der Waals surface area (Å²) in [5.74, 6) is -3.18. The highest BCUT2D eigenvalue weighted by Gasteiger charge is 2.44. The van der Waals surface area contributed by atoms with E-state index in [2.05, 4.69) is 9.47 Å². The van der Waals surface area contributed by atoms with E-state index >= 15 is 0 Å². The third-order valence-corrected chi connectivity index (χ3v) is 2.64. The summed E-state index contributed by atoms with van der Waals surface area (Å²) < 4.78 is 44.3. The molecule has 3 atom stereocenters. The van der Waals surface area contributed by atoms with Gasteiger partial charge in [0, 0.05) is 0 Å². The molecule has 98 valence electrons. The molecule has 0 amide bonds. The van der Waals surface area contributed by atoms with Crippen molar-refractivity contribution in [1.29, 1.82) is 0 Å². The Hall–Kier alpha value is -1.11. The Labute approximate surface area is 96.1 Å². The van der Waals surface area contributed by atoms with E-state index in [4.69, 9.17) is 0 Å². The topological polar surface area (TPSA) is 52.6 Å². The molecule has 17 heavy (non-hydrogen) atoms. The van der Waals surface area contributed by atoms with Gasteiger partial charge in [-0.25, -0.2) is 0 Å². The largest absolute Gasteiger partial charge is 0.411 e. The highest BCUT2D eigenvalue weighted by Crippen LogP contribution is 2.30. The second-order valence-corrected chi connectivity index (χ2v) is 4.16. The van der Waals surface area contributed by atoms with Crippen LogP contribution < -0.4 is 0 Å². The maximum absolute atomic E-state index is 11.8. The van der Waals surface area contributed by atoms with Crippen LogP contribution in [0.15, 0.2) is 0 Å². The number of ether oxygens (including phenoxy) is 2. The van der Waals surface area contributed by atoms with Crippen LogP contribution in [0, 0.1) is 17.8 Å². The molecule has 0 aromatic heterocycles. The van der Waals surface area contributed by atoms with Crippen molar-refractivity contribution in [2.75, 3.05) is 13.2 Å². The third kappa shape index (κ3) is 3.69. The summed E-state index contributed by atoms with van der Waals surface area (Å²) in [5.41, 5.74) is 0. The number of rotatable bonds is 4. The number of halogens is 3. The molecule has 4 nitrogen and oxygen atoms in total. The molecule has 0 aromatic carbocycles. The molecule has 1 rings (SSSR count). The van der Waals surface area contributed by atoms with Crippen LogP contribution in [-0.4, -0.2) is 31.3 Å². The third-order valence-electron chi connectivity index (χ3n) is 2.64. The molecule has 0 saturated carbocycles. The Kier molecular flexibility index (Phi) is 4.13. The molecule has 1 aliphatic heterocycles. The molecule has 1 heterocycles. The average molecular weight is 254 g/mol. The molecule has 0 aliphatic carbocycles. The van der Waals surface area contributed by atoms with E-state index in [0.717, 1.165) is 0 Å². The molecule has 1 saturated heterocycles. The summed E-state index contributed by atoms with van der Waals surface area (Å²) in [5, 5.41) is 0. The van der Waals surface area contributed by atoms with Crippen molar-refractivity contribution in [2.24, 2.45) is 17.8 Å². The van der Waals surface area contributed by atoms with Gasteiger partial charge in [-0.05, 0) is 5.92 Å². The normalized spacial score (nSPS) is 27.1. The van der Waals surface area contributed by atoms with Gasteiger partial charge in [-0.3, -0.25) is 9.59 Å². The first kappa shape index (κ1) is 14.0. The standard InChI is InChI=1S/C10H13F3O4/c1-5(3-16-4-10(11,12)13)7-6(2)8(14)17-9(7)15/h5-7H,3-4H2,1-2H3. The van der Waals surface area contributed by atoms with E-state index in [1.165, 1.54) is 6.92 Å². The van der Waals surface area contributed by atoms with Gasteiger partial charge in [-0.2, -0.15) is 13.2 Å². The van der Waals surface area contributed by atoms with Gasteiger partial charge in [0.2, 0.25) is 0 Å². The number of hydrogen-bond acceptors (Lipinski definition) is 4. The Morgan fingerprint density at radius 3 is 2.35 bits per heavy atom. The molecular formula is C10H13F3O4. The van der Waals surface area contributed by atoms with Gasteiger partial charge in [0.1, 0.15) is 6.61 Å². The molecule has 1 aliphatic rings. The van der Waals surface area contributed by atoms with E-state index in [1.54, 1.807) is 6.92 Å². The molecule has 0 bridgehead atoms. The Bertz CT molecular complexity index is 313. The predicted octanol–water partition coefficient (Wildman–Crippen LogP) is 1.54. The molecule has 0 N–H and O–H groups in total. The first-order valence-corrected chi connectivity index (χ1v) is 5.12. The second-order valence-electron chi connectivity index (χ2n) is 4.16. The van der Waals surface area contributed by atoms with Crippen molar-refractivity contribution in [3.63, 3.8) is 0 Å². The SMILES string of the molecule is CC(COCC(F)(F)F)C1C(=O)OC(=O)C1C. The molecule has 7 heteroatoms. The van der Waals surface area contributed by atoms with Crippen LogP contribution in [0.2, 0.25) is 0 Å². The lowest BCUT2D eigenvalue weighted by atomic mass is 9.86. The lowest BCUT2D eigenvalue weighted by molar-refractivity contribution is -0.177. The predicted molar refractivity (Wildman–Crippen MR) is 49.8 cm³/mol. The van der Waals surface area contributed by atoms with Crippen molar-refractivity contribution < 1.29 is 32.2 Å². The summed E-state index contributed by atoms with van der Waals surface area (Å²) in [4.78, 5) is 22.3. The van der Waals surface area contributed by atoms with Crippen LogP contribution in [0.5, 0.6) is 0 Å². The van der Waals surface area contributed by atoms with Crippen molar-refractivity contribution in [3.05, 3.63) is 0 Å². The fraction of sp³-hybridized carbons (Fsp3) is 0.800. The minimum absolute atomic E-state index is 0.239. The fourth-order valence-corrected chi connectivity index (χ4v) is 1.80. The van der Waals surface area contributed by atoms with Crippen LogP contribution >= 0.6 is 0 Å². The smallest absolute Gasteiger partial charge is 0.393 e. The van der Waals surface area contributed by atoms with E-state index in [9.17, 15) is 22.8 Å². The lowest BCUT2D eigenvalue weighted by Gasteiger charge is -2.18. The zero-order valence-corrected chi connectivity index (χ0v) is 9.41. The van der Waals surface area contributed by atoms with Gasteiger partial charge in [0.25, 0.3) is 0 Å². The number of carbonyl (C=O) groups excluding carboxylic acids is 2. The molecule has 0 spiro atoms. The van der Waals surface area contributed by atoms with Gasteiger partial charge in [-0.1, -0.05) is 13.8 Å². The van der Waals surface area contributed by atoms with Crippen molar-refractivity contribution in [3.8, 4) is 0 Å². The van der Waals surface area contributed by atoms with Crippen molar-refractivity contribution in [2.45, 2.75) is 20.0 Å². The summed E-state index contributed by atoms with van der Waals surface area (Å²) in [6.45, 7) is 1.47. The Balaban J connectivity index is 2.45. The monoisotopic (exact) mass is 254 g/mol. The van der Waals surface area contributed by atoms with Gasteiger partial charge in [-0.15, -0.1) is 0 Å². The Morgan fingerprint density at radius 1 is 1.35 bits per heavy atom. The van der Waals surface area contributed by atoms with E-state index in [-0.39, 0.29) is 6.61 Å². The first-order valence-electron chi connectivity index (χ1n) is 5.12. The van der Waals surface area contributed by atoms with Crippen molar-refractivity contribution in [1.82, 2.24) is 0 Å². The average Bonchev–Trinajstić information content (AvgIpc) is 2.38. The quantitative estimate of drug-likeness (QED) is 0.564. The number of cyclic esters (lactones) is 2. The van der Waals surface area contributed by atoms with Crippen LogP contribution in [0.1, 0.15) is 13.8 Å². The minimum atomic E-state index is -4.39. The number of hydrogen-bond donors (Lipinski definition) is 0. The highest BCUT2D eigenvalue weighted by atomic mass is 19.4. The molecule has 3 unspecified atom stereocenters. The van der Waals surface area contributed by atoms with Crippen LogP contribution in [-0.2, 0) is 19.1 Å². The zero-order chi connectivity index (χ0) is 13.2. The zero-order valence-electron chi connectivity index (χ0n) is 9.41. The minimum Gasteiger partial charge on any atom is -0.393 e. The van der Waals surface area contributed by atoms with Gasteiger partial charge < -0.3 is 9.47 Å². The van der Waals surface area contributed by atoms with Crippen LogP contribution in [0.25, 0.3) is 0 Å². The van der Waals surface area contributed by atoms with Crippen LogP contribution in [0.3, 0.4) is 0 Å². The van der Waals surface area contributed by atoms with E-state index < -0.39 is 42.5 Å². The maximum Gasteiger partial charge on any atom is 0.411 e. The number of carbonyl (C=O) groups is 2. The van der Waals surface area contributed by atoms with E-state index in [1.807, 2.05) is 0 Å². The highest BCUT2D eigenvalue weighted by molar-refractivity contribution is 5.96.